The molecule has 0 unspecified atom stereocenters. The number of alkyl halides is 2. The lowest BCUT2D eigenvalue weighted by Crippen LogP contribution is -2.29. The summed E-state index contributed by atoms with van der Waals surface area (Å²) in [6.07, 6.45) is 0. The molecule has 0 aromatic heterocycles. The number of halogens is 2. The van der Waals surface area contributed by atoms with E-state index >= 15 is 0 Å². The molecular weight excluding hydrogens is 220 g/mol. The molecule has 0 aliphatic heterocycles. The predicted molar refractivity (Wildman–Crippen MR) is 67.3 cm³/mol. The van der Waals surface area contributed by atoms with Crippen molar-refractivity contribution in [1.29, 1.82) is 0 Å². The van der Waals surface area contributed by atoms with Crippen molar-refractivity contribution in [3.63, 3.8) is 0 Å². The van der Waals surface area contributed by atoms with E-state index in [-0.39, 0.29) is 11.0 Å². The summed E-state index contributed by atoms with van der Waals surface area (Å²) in [6, 6.07) is 6.59. The molecule has 0 amide bonds. The van der Waals surface area contributed by atoms with Crippen molar-refractivity contribution in [3.05, 3.63) is 35.4 Å². The fourth-order valence-corrected chi connectivity index (χ4v) is 1.60. The van der Waals surface area contributed by atoms with Crippen LogP contribution < -0.4 is 5.73 Å². The Morgan fingerprint density at radius 3 is 2.18 bits per heavy atom. The van der Waals surface area contributed by atoms with Crippen LogP contribution in [-0.4, -0.2) is 6.54 Å². The van der Waals surface area contributed by atoms with Crippen LogP contribution in [0.1, 0.15) is 38.8 Å². The van der Waals surface area contributed by atoms with Gasteiger partial charge in [-0.1, -0.05) is 45.9 Å². The van der Waals surface area contributed by atoms with Gasteiger partial charge in [-0.3, -0.25) is 0 Å². The maximum absolute atomic E-state index is 13.9. The fourth-order valence-electron chi connectivity index (χ4n) is 1.60. The van der Waals surface area contributed by atoms with Crippen LogP contribution in [-0.2, 0) is 11.3 Å². The molecular formula is C14H21F2N. The Kier molecular flexibility index (Phi) is 3.92. The van der Waals surface area contributed by atoms with Gasteiger partial charge in [-0.15, -0.1) is 0 Å². The van der Waals surface area contributed by atoms with Gasteiger partial charge in [-0.05, 0) is 11.6 Å². The van der Waals surface area contributed by atoms with Crippen LogP contribution in [0.25, 0.3) is 0 Å². The monoisotopic (exact) mass is 241 g/mol. The Morgan fingerprint density at radius 1 is 1.18 bits per heavy atom. The summed E-state index contributed by atoms with van der Waals surface area (Å²) in [7, 11) is 0. The van der Waals surface area contributed by atoms with Crippen LogP contribution in [0, 0.1) is 5.92 Å². The van der Waals surface area contributed by atoms with Crippen molar-refractivity contribution in [1.82, 2.24) is 0 Å². The maximum Gasteiger partial charge on any atom is 0.275 e. The van der Waals surface area contributed by atoms with E-state index in [0.29, 0.717) is 6.54 Å². The van der Waals surface area contributed by atoms with Gasteiger partial charge in [0.15, 0.2) is 0 Å². The average molecular weight is 241 g/mol. The van der Waals surface area contributed by atoms with E-state index in [1.807, 2.05) is 19.9 Å². The molecule has 0 fully saturated rings. The fraction of sp³-hybridized carbons (Fsp3) is 0.571. The molecule has 0 spiro atoms. The van der Waals surface area contributed by atoms with E-state index in [4.69, 9.17) is 5.73 Å². The van der Waals surface area contributed by atoms with Gasteiger partial charge in [-0.25, -0.2) is 8.78 Å². The van der Waals surface area contributed by atoms with Gasteiger partial charge in [0.05, 0.1) is 0 Å². The smallest absolute Gasteiger partial charge is 0.275 e. The molecule has 0 saturated carbocycles. The van der Waals surface area contributed by atoms with Crippen molar-refractivity contribution in [2.75, 3.05) is 6.54 Å². The van der Waals surface area contributed by atoms with Crippen LogP contribution >= 0.6 is 0 Å². The zero-order valence-electron chi connectivity index (χ0n) is 10.9. The highest BCUT2D eigenvalue weighted by Gasteiger charge is 2.36. The van der Waals surface area contributed by atoms with Crippen molar-refractivity contribution in [3.8, 4) is 0 Å². The lowest BCUT2D eigenvalue weighted by Gasteiger charge is -2.26. The van der Waals surface area contributed by atoms with Crippen molar-refractivity contribution >= 4 is 0 Å². The second-order valence-electron chi connectivity index (χ2n) is 5.45. The minimum atomic E-state index is -2.79. The first-order valence-electron chi connectivity index (χ1n) is 5.90. The SMILES string of the molecule is CC(C)C(F)(F)c1cccc(C(C)(C)CN)c1. The van der Waals surface area contributed by atoms with Gasteiger partial charge in [0.25, 0.3) is 5.92 Å². The van der Waals surface area contributed by atoms with Gasteiger partial charge >= 0.3 is 0 Å². The topological polar surface area (TPSA) is 26.0 Å². The van der Waals surface area contributed by atoms with Crippen molar-refractivity contribution < 1.29 is 8.78 Å². The van der Waals surface area contributed by atoms with Crippen molar-refractivity contribution in [2.45, 2.75) is 39.0 Å². The van der Waals surface area contributed by atoms with Crippen LogP contribution in [0.4, 0.5) is 8.78 Å². The Morgan fingerprint density at radius 2 is 1.71 bits per heavy atom. The zero-order valence-corrected chi connectivity index (χ0v) is 10.9. The molecule has 1 rings (SSSR count). The Bertz CT molecular complexity index is 384. The summed E-state index contributed by atoms with van der Waals surface area (Å²) in [5.74, 6) is -3.50. The molecule has 17 heavy (non-hydrogen) atoms. The molecule has 1 aromatic carbocycles. The summed E-state index contributed by atoms with van der Waals surface area (Å²) in [5, 5.41) is 0. The molecule has 0 aliphatic carbocycles. The number of nitrogens with two attached hydrogens (primary N) is 1. The molecule has 2 N–H and O–H groups in total. The second kappa shape index (κ2) is 4.73. The summed E-state index contributed by atoms with van der Waals surface area (Å²) in [6.45, 7) is 7.41. The molecule has 0 bridgehead atoms. The van der Waals surface area contributed by atoms with Crippen LogP contribution in [0.15, 0.2) is 24.3 Å². The van der Waals surface area contributed by atoms with Gasteiger partial charge in [0, 0.05) is 23.4 Å². The lowest BCUT2D eigenvalue weighted by molar-refractivity contribution is -0.0514. The minimum absolute atomic E-state index is 0.0755. The van der Waals surface area contributed by atoms with Crippen LogP contribution in [0.5, 0.6) is 0 Å². The van der Waals surface area contributed by atoms with Gasteiger partial charge in [0.1, 0.15) is 0 Å². The van der Waals surface area contributed by atoms with E-state index in [2.05, 4.69) is 0 Å². The lowest BCUT2D eigenvalue weighted by atomic mass is 9.83. The molecule has 0 saturated heterocycles. The Balaban J connectivity index is 3.19. The third-order valence-corrected chi connectivity index (χ3v) is 3.26. The average Bonchev–Trinajstić information content (AvgIpc) is 2.29. The second-order valence-corrected chi connectivity index (χ2v) is 5.45. The van der Waals surface area contributed by atoms with Gasteiger partial charge in [0.2, 0.25) is 0 Å². The zero-order chi connectivity index (χ0) is 13.3. The van der Waals surface area contributed by atoms with Crippen LogP contribution in [0.3, 0.4) is 0 Å². The molecule has 96 valence electrons. The van der Waals surface area contributed by atoms with E-state index in [1.54, 1.807) is 12.1 Å². The van der Waals surface area contributed by atoms with E-state index in [9.17, 15) is 8.78 Å². The molecule has 0 atom stereocenters. The Hall–Kier alpha value is -0.960. The standard InChI is InChI=1S/C14H21F2N/c1-10(2)14(15,16)12-7-5-6-11(8-12)13(3,4)9-17/h5-8,10H,9,17H2,1-4H3. The van der Waals surface area contributed by atoms with E-state index < -0.39 is 11.8 Å². The van der Waals surface area contributed by atoms with Crippen LogP contribution in [0.2, 0.25) is 0 Å². The first-order valence-corrected chi connectivity index (χ1v) is 5.90. The molecule has 3 heteroatoms. The van der Waals surface area contributed by atoms with Crippen molar-refractivity contribution in [2.24, 2.45) is 11.7 Å². The Labute approximate surface area is 102 Å². The van der Waals surface area contributed by atoms with E-state index in [0.717, 1.165) is 5.56 Å². The summed E-state index contributed by atoms with van der Waals surface area (Å²) < 4.78 is 27.8. The first-order chi connectivity index (χ1) is 7.71. The summed E-state index contributed by atoms with van der Waals surface area (Å²) >= 11 is 0. The van der Waals surface area contributed by atoms with Gasteiger partial charge < -0.3 is 5.73 Å². The third kappa shape index (κ3) is 2.83. The number of hydrogen-bond donors (Lipinski definition) is 1. The normalized spacial score (nSPS) is 13.2. The summed E-state index contributed by atoms with van der Waals surface area (Å²) in [4.78, 5) is 0. The number of benzene rings is 1. The highest BCUT2D eigenvalue weighted by Crippen LogP contribution is 2.37. The highest BCUT2D eigenvalue weighted by atomic mass is 19.3. The third-order valence-electron chi connectivity index (χ3n) is 3.26. The van der Waals surface area contributed by atoms with Gasteiger partial charge in [-0.2, -0.15) is 0 Å². The first kappa shape index (κ1) is 14.1. The quantitative estimate of drug-likeness (QED) is 0.855. The molecule has 1 aromatic rings. The minimum Gasteiger partial charge on any atom is -0.330 e. The van der Waals surface area contributed by atoms with E-state index in [1.165, 1.54) is 19.9 Å². The summed E-state index contributed by atoms with van der Waals surface area (Å²) in [5.41, 5.74) is 6.33. The molecule has 0 radical (unpaired) electrons. The molecule has 1 nitrogen and oxygen atoms in total. The number of rotatable bonds is 4. The predicted octanol–water partition coefficient (Wildman–Crippen LogP) is 3.67. The number of hydrogen-bond acceptors (Lipinski definition) is 1. The molecule has 0 heterocycles. The largest absolute Gasteiger partial charge is 0.330 e. The highest BCUT2D eigenvalue weighted by molar-refractivity contribution is 5.32. The maximum atomic E-state index is 13.9. The molecule has 0 aliphatic rings.